The van der Waals surface area contributed by atoms with E-state index in [1.54, 1.807) is 0 Å². The summed E-state index contributed by atoms with van der Waals surface area (Å²) in [4.78, 5) is -0.236. The molecule has 5 N–H and O–H groups in total. The Hall–Kier alpha value is -1.18. The quantitative estimate of drug-likeness (QED) is 0.721. The van der Waals surface area contributed by atoms with E-state index in [-0.39, 0.29) is 16.6 Å². The Bertz CT molecular complexity index is 505. The van der Waals surface area contributed by atoms with Crippen LogP contribution in [0.1, 0.15) is 19.8 Å². The van der Waals surface area contributed by atoms with Gasteiger partial charge < -0.3 is 11.1 Å². The van der Waals surface area contributed by atoms with Crippen molar-refractivity contribution in [2.24, 2.45) is 10.9 Å². The molecular formula is C11H18FN3O2S. The zero-order valence-corrected chi connectivity index (χ0v) is 11.0. The van der Waals surface area contributed by atoms with Gasteiger partial charge in [-0.3, -0.25) is 0 Å². The molecule has 7 heteroatoms. The van der Waals surface area contributed by atoms with Crippen LogP contribution in [0.3, 0.4) is 0 Å². The van der Waals surface area contributed by atoms with Crippen molar-refractivity contribution in [3.05, 3.63) is 24.0 Å². The number of nitrogens with two attached hydrogens (primary N) is 2. The van der Waals surface area contributed by atoms with Crippen LogP contribution in [0.2, 0.25) is 0 Å². The lowest BCUT2D eigenvalue weighted by Crippen LogP contribution is -2.18. The second-order valence-electron chi connectivity index (χ2n) is 4.16. The van der Waals surface area contributed by atoms with Gasteiger partial charge in [0.05, 0.1) is 10.6 Å². The Morgan fingerprint density at radius 3 is 2.61 bits per heavy atom. The number of nitrogens with one attached hydrogen (secondary N) is 1. The molecule has 1 unspecified atom stereocenters. The summed E-state index contributed by atoms with van der Waals surface area (Å²) in [5.41, 5.74) is 5.64. The first-order valence-corrected chi connectivity index (χ1v) is 7.18. The summed E-state index contributed by atoms with van der Waals surface area (Å²) in [7, 11) is -3.87. The van der Waals surface area contributed by atoms with E-state index in [0.29, 0.717) is 6.54 Å². The molecule has 0 aromatic heterocycles. The Kier molecular flexibility index (Phi) is 5.06. The number of hydrogen-bond acceptors (Lipinski definition) is 4. The highest BCUT2D eigenvalue weighted by Crippen LogP contribution is 2.19. The van der Waals surface area contributed by atoms with Crippen LogP contribution in [0.25, 0.3) is 0 Å². The minimum absolute atomic E-state index is 0.0587. The van der Waals surface area contributed by atoms with Crippen LogP contribution in [0.15, 0.2) is 23.1 Å². The van der Waals surface area contributed by atoms with E-state index < -0.39 is 15.8 Å². The molecule has 1 atom stereocenters. The van der Waals surface area contributed by atoms with Crippen molar-refractivity contribution in [2.75, 3.05) is 11.9 Å². The SMILES string of the molecule is CC(CCCN)Nc1ccc(S(N)(=O)=O)cc1F. The molecule has 1 aromatic carbocycles. The standard InChI is InChI=1S/C11H18FN3O2S/c1-8(3-2-6-13)15-11-5-4-9(7-10(11)12)18(14,16)17/h4-5,7-8,15H,2-3,6,13H2,1H3,(H2,14,16,17). The van der Waals surface area contributed by atoms with Crippen molar-refractivity contribution in [3.63, 3.8) is 0 Å². The molecule has 5 nitrogen and oxygen atoms in total. The lowest BCUT2D eigenvalue weighted by Gasteiger charge is -2.15. The van der Waals surface area contributed by atoms with Gasteiger partial charge >= 0.3 is 0 Å². The second kappa shape index (κ2) is 6.12. The Labute approximate surface area is 106 Å². The fourth-order valence-electron chi connectivity index (χ4n) is 1.55. The predicted octanol–water partition coefficient (Wildman–Crippen LogP) is 1.01. The number of sulfonamides is 1. The third-order valence-electron chi connectivity index (χ3n) is 2.51. The van der Waals surface area contributed by atoms with Gasteiger partial charge in [-0.1, -0.05) is 0 Å². The number of benzene rings is 1. The van der Waals surface area contributed by atoms with Crippen molar-refractivity contribution in [1.82, 2.24) is 0 Å². The van der Waals surface area contributed by atoms with Crippen LogP contribution in [0.5, 0.6) is 0 Å². The van der Waals surface area contributed by atoms with Gasteiger partial charge in [0.15, 0.2) is 0 Å². The predicted molar refractivity (Wildman–Crippen MR) is 69.1 cm³/mol. The summed E-state index contributed by atoms with van der Waals surface area (Å²) in [5.74, 6) is -0.638. The van der Waals surface area contributed by atoms with E-state index in [4.69, 9.17) is 10.9 Å². The highest BCUT2D eigenvalue weighted by Gasteiger charge is 2.12. The smallest absolute Gasteiger partial charge is 0.238 e. The van der Waals surface area contributed by atoms with Gasteiger partial charge in [0, 0.05) is 6.04 Å². The van der Waals surface area contributed by atoms with E-state index in [0.717, 1.165) is 18.9 Å². The van der Waals surface area contributed by atoms with Gasteiger partial charge in [0.25, 0.3) is 0 Å². The Morgan fingerprint density at radius 1 is 1.44 bits per heavy atom. The fourth-order valence-corrected chi connectivity index (χ4v) is 2.08. The average Bonchev–Trinajstić information content (AvgIpc) is 2.27. The maximum atomic E-state index is 13.7. The summed E-state index contributed by atoms with van der Waals surface area (Å²) in [6.07, 6.45) is 1.65. The average molecular weight is 275 g/mol. The second-order valence-corrected chi connectivity index (χ2v) is 5.72. The molecule has 1 aromatic rings. The number of halogens is 1. The summed E-state index contributed by atoms with van der Waals surface area (Å²) in [6.45, 7) is 2.49. The van der Waals surface area contributed by atoms with Crippen LogP contribution in [-0.4, -0.2) is 21.0 Å². The molecule has 18 heavy (non-hydrogen) atoms. The molecule has 0 bridgehead atoms. The number of rotatable bonds is 6. The minimum atomic E-state index is -3.87. The number of anilines is 1. The van der Waals surface area contributed by atoms with Crippen LogP contribution in [0.4, 0.5) is 10.1 Å². The number of hydrogen-bond donors (Lipinski definition) is 3. The first kappa shape index (κ1) is 14.9. The van der Waals surface area contributed by atoms with Gasteiger partial charge in [-0.15, -0.1) is 0 Å². The van der Waals surface area contributed by atoms with Crippen molar-refractivity contribution in [1.29, 1.82) is 0 Å². The third-order valence-corrected chi connectivity index (χ3v) is 3.42. The summed E-state index contributed by atoms with van der Waals surface area (Å²) in [5, 5.41) is 7.87. The fraction of sp³-hybridized carbons (Fsp3) is 0.455. The van der Waals surface area contributed by atoms with Crippen LogP contribution in [-0.2, 0) is 10.0 Å². The lowest BCUT2D eigenvalue weighted by atomic mass is 10.1. The van der Waals surface area contributed by atoms with Gasteiger partial charge in [0.2, 0.25) is 10.0 Å². The van der Waals surface area contributed by atoms with Gasteiger partial charge in [-0.05, 0) is 44.5 Å². The van der Waals surface area contributed by atoms with Crippen molar-refractivity contribution in [2.45, 2.75) is 30.7 Å². The maximum absolute atomic E-state index is 13.7. The van der Waals surface area contributed by atoms with Crippen LogP contribution < -0.4 is 16.2 Å². The maximum Gasteiger partial charge on any atom is 0.238 e. The molecule has 0 aliphatic carbocycles. The molecule has 0 amide bonds. The summed E-state index contributed by atoms with van der Waals surface area (Å²) < 4.78 is 35.7. The van der Waals surface area contributed by atoms with Crippen molar-refractivity contribution < 1.29 is 12.8 Å². The molecule has 0 radical (unpaired) electrons. The number of primary sulfonamides is 1. The summed E-state index contributed by atoms with van der Waals surface area (Å²) >= 11 is 0. The normalized spacial score (nSPS) is 13.3. The van der Waals surface area contributed by atoms with Crippen LogP contribution >= 0.6 is 0 Å². The van der Waals surface area contributed by atoms with E-state index in [1.165, 1.54) is 12.1 Å². The lowest BCUT2D eigenvalue weighted by molar-refractivity contribution is 0.591. The Balaban J connectivity index is 2.80. The Morgan fingerprint density at radius 2 is 2.11 bits per heavy atom. The molecule has 0 fully saturated rings. The zero-order valence-electron chi connectivity index (χ0n) is 10.2. The van der Waals surface area contributed by atoms with Crippen LogP contribution in [0, 0.1) is 5.82 Å². The highest BCUT2D eigenvalue weighted by molar-refractivity contribution is 7.89. The van der Waals surface area contributed by atoms with Gasteiger partial charge in [-0.2, -0.15) is 0 Å². The topological polar surface area (TPSA) is 98.2 Å². The first-order valence-electron chi connectivity index (χ1n) is 5.63. The highest BCUT2D eigenvalue weighted by atomic mass is 32.2. The molecule has 0 spiro atoms. The minimum Gasteiger partial charge on any atom is -0.380 e. The van der Waals surface area contributed by atoms with E-state index in [9.17, 15) is 12.8 Å². The van der Waals surface area contributed by atoms with Crippen molar-refractivity contribution in [3.8, 4) is 0 Å². The monoisotopic (exact) mass is 275 g/mol. The molecular weight excluding hydrogens is 257 g/mol. The molecule has 0 aliphatic rings. The first-order chi connectivity index (χ1) is 8.34. The molecule has 0 aliphatic heterocycles. The van der Waals surface area contributed by atoms with Gasteiger partial charge in [0.1, 0.15) is 5.82 Å². The summed E-state index contributed by atoms with van der Waals surface area (Å²) in [6, 6.07) is 3.61. The van der Waals surface area contributed by atoms with E-state index >= 15 is 0 Å². The molecule has 0 saturated carbocycles. The van der Waals surface area contributed by atoms with Gasteiger partial charge in [-0.25, -0.2) is 17.9 Å². The zero-order chi connectivity index (χ0) is 13.8. The molecule has 102 valence electrons. The molecule has 1 rings (SSSR count). The van der Waals surface area contributed by atoms with Crippen molar-refractivity contribution >= 4 is 15.7 Å². The van der Waals surface area contributed by atoms with E-state index in [1.807, 2.05) is 6.92 Å². The van der Waals surface area contributed by atoms with E-state index in [2.05, 4.69) is 5.32 Å². The largest absolute Gasteiger partial charge is 0.380 e. The molecule has 0 saturated heterocycles. The third kappa shape index (κ3) is 4.25. The molecule has 0 heterocycles.